The van der Waals surface area contributed by atoms with E-state index >= 15 is 0 Å². The second-order valence-electron chi connectivity index (χ2n) is 8.19. The minimum Gasteiger partial charge on any atom is -0.448 e. The molecule has 1 amide bonds. The summed E-state index contributed by atoms with van der Waals surface area (Å²) < 4.78 is 6.82. The summed E-state index contributed by atoms with van der Waals surface area (Å²) in [5.74, 6) is -0.828. The third-order valence-corrected chi connectivity index (χ3v) is 5.38. The first-order valence-electron chi connectivity index (χ1n) is 10.5. The molecule has 1 aliphatic heterocycles. The zero-order chi connectivity index (χ0) is 22.1. The molecule has 0 N–H and O–H groups in total. The van der Waals surface area contributed by atoms with Gasteiger partial charge in [0, 0.05) is 24.2 Å². The molecular weight excluding hydrogens is 394 g/mol. The van der Waals surface area contributed by atoms with E-state index in [2.05, 4.69) is 5.10 Å². The van der Waals surface area contributed by atoms with Crippen LogP contribution in [0.1, 0.15) is 36.8 Å². The van der Waals surface area contributed by atoms with Gasteiger partial charge >= 0.3 is 5.97 Å². The van der Waals surface area contributed by atoms with Crippen molar-refractivity contribution in [2.45, 2.75) is 39.8 Å². The van der Waals surface area contributed by atoms with Gasteiger partial charge in [-0.25, -0.2) is 9.48 Å². The quantitative estimate of drug-likeness (QED) is 0.593. The molecule has 1 aliphatic rings. The predicted molar refractivity (Wildman–Crippen MR) is 118 cm³/mol. The molecule has 4 rings (SSSR count). The maximum atomic E-state index is 13.0. The summed E-state index contributed by atoms with van der Waals surface area (Å²) in [5, 5.41) is 5.11. The van der Waals surface area contributed by atoms with Gasteiger partial charge in [0.15, 0.2) is 11.8 Å². The van der Waals surface area contributed by atoms with Crippen molar-refractivity contribution in [3.63, 3.8) is 0 Å². The van der Waals surface area contributed by atoms with Gasteiger partial charge < -0.3 is 9.64 Å². The molecule has 160 valence electrons. The summed E-state index contributed by atoms with van der Waals surface area (Å²) in [4.78, 5) is 40.4. The smallest absolute Gasteiger partial charge is 0.360 e. The summed E-state index contributed by atoms with van der Waals surface area (Å²) in [6, 6.07) is 14.5. The Morgan fingerprint density at radius 3 is 2.45 bits per heavy atom. The molecule has 2 aromatic carbocycles. The van der Waals surface area contributed by atoms with Crippen molar-refractivity contribution in [1.82, 2.24) is 9.78 Å². The van der Waals surface area contributed by atoms with Crippen molar-refractivity contribution in [3.8, 4) is 0 Å². The van der Waals surface area contributed by atoms with Crippen molar-refractivity contribution < 1.29 is 14.3 Å². The highest BCUT2D eigenvalue weighted by Gasteiger charge is 2.31. The van der Waals surface area contributed by atoms with Crippen LogP contribution in [0.15, 0.2) is 53.3 Å². The van der Waals surface area contributed by atoms with E-state index in [9.17, 15) is 14.4 Å². The Hall–Kier alpha value is -3.48. The molecule has 0 fully saturated rings. The van der Waals surface area contributed by atoms with E-state index in [4.69, 9.17) is 4.74 Å². The Morgan fingerprint density at radius 1 is 1.03 bits per heavy atom. The lowest BCUT2D eigenvalue weighted by Gasteiger charge is -2.22. The van der Waals surface area contributed by atoms with Crippen molar-refractivity contribution in [2.24, 2.45) is 5.92 Å². The number of carbonyl (C=O) groups excluding carboxylic acids is 2. The number of anilines is 1. The normalized spacial score (nSPS) is 14.0. The van der Waals surface area contributed by atoms with Gasteiger partial charge in [-0.2, -0.15) is 5.10 Å². The van der Waals surface area contributed by atoms with Crippen LogP contribution in [0.2, 0.25) is 0 Å². The molecule has 7 heteroatoms. The third kappa shape index (κ3) is 3.95. The van der Waals surface area contributed by atoms with Crippen LogP contribution in [0.25, 0.3) is 10.8 Å². The summed E-state index contributed by atoms with van der Waals surface area (Å²) in [7, 11) is 0. The lowest BCUT2D eigenvalue weighted by atomic mass is 10.1. The SMILES string of the molecule is CC(C)Cn1nc(C(=O)O[C@H](C)C(=O)N2CCc3ccccc32)c2ccccc2c1=O. The van der Waals surface area contributed by atoms with Crippen LogP contribution in [-0.4, -0.2) is 34.3 Å². The highest BCUT2D eigenvalue weighted by Crippen LogP contribution is 2.28. The zero-order valence-electron chi connectivity index (χ0n) is 17.9. The van der Waals surface area contributed by atoms with E-state index in [0.29, 0.717) is 23.9 Å². The lowest BCUT2D eigenvalue weighted by Crippen LogP contribution is -2.39. The number of aromatic nitrogens is 2. The first-order chi connectivity index (χ1) is 14.9. The fourth-order valence-electron chi connectivity index (χ4n) is 3.91. The van der Waals surface area contributed by atoms with Gasteiger partial charge in [-0.15, -0.1) is 0 Å². The van der Waals surface area contributed by atoms with Crippen LogP contribution in [0.5, 0.6) is 0 Å². The van der Waals surface area contributed by atoms with Gasteiger partial charge in [0.25, 0.3) is 11.5 Å². The average molecular weight is 419 g/mol. The van der Waals surface area contributed by atoms with E-state index in [0.717, 1.165) is 17.7 Å². The van der Waals surface area contributed by atoms with Crippen LogP contribution >= 0.6 is 0 Å². The molecule has 1 atom stereocenters. The molecule has 31 heavy (non-hydrogen) atoms. The van der Waals surface area contributed by atoms with Crippen molar-refractivity contribution >= 4 is 28.3 Å². The van der Waals surface area contributed by atoms with Gasteiger partial charge in [0.2, 0.25) is 0 Å². The molecule has 7 nitrogen and oxygen atoms in total. The number of esters is 1. The van der Waals surface area contributed by atoms with Crippen molar-refractivity contribution in [1.29, 1.82) is 0 Å². The molecule has 3 aromatic rings. The van der Waals surface area contributed by atoms with Crippen LogP contribution < -0.4 is 10.5 Å². The van der Waals surface area contributed by atoms with Crippen molar-refractivity contribution in [2.75, 3.05) is 11.4 Å². The number of hydrogen-bond donors (Lipinski definition) is 0. The van der Waals surface area contributed by atoms with Crippen molar-refractivity contribution in [3.05, 3.63) is 70.1 Å². The molecule has 0 bridgehead atoms. The van der Waals surface area contributed by atoms with E-state index in [1.807, 2.05) is 38.1 Å². The van der Waals surface area contributed by atoms with Crippen LogP contribution in [0.4, 0.5) is 5.69 Å². The Balaban J connectivity index is 1.62. The summed E-state index contributed by atoms with van der Waals surface area (Å²) in [6.45, 7) is 6.43. The van der Waals surface area contributed by atoms with Crippen LogP contribution in [-0.2, 0) is 22.5 Å². The van der Waals surface area contributed by atoms with Gasteiger partial charge in [0.1, 0.15) is 0 Å². The number of fused-ring (bicyclic) bond motifs is 2. The Morgan fingerprint density at radius 2 is 1.71 bits per heavy atom. The minimum absolute atomic E-state index is 0.0392. The standard InChI is InChI=1S/C24H25N3O4/c1-15(2)14-27-23(29)19-10-6-5-9-18(19)21(25-27)24(30)31-16(3)22(28)26-13-12-17-8-4-7-11-20(17)26/h4-11,15-16H,12-14H2,1-3H3/t16-/m1/s1. The third-order valence-electron chi connectivity index (χ3n) is 5.38. The first-order valence-corrected chi connectivity index (χ1v) is 10.5. The summed E-state index contributed by atoms with van der Waals surface area (Å²) in [5.41, 5.74) is 1.74. The molecule has 1 aromatic heterocycles. The van der Waals surface area contributed by atoms with Gasteiger partial charge in [-0.05, 0) is 37.0 Å². The summed E-state index contributed by atoms with van der Waals surface area (Å²) in [6.07, 6.45) is -0.209. The van der Waals surface area contributed by atoms with Gasteiger partial charge in [-0.3, -0.25) is 9.59 Å². The first kappa shape index (κ1) is 20.8. The van der Waals surface area contributed by atoms with Gasteiger partial charge in [-0.1, -0.05) is 50.2 Å². The number of carbonyl (C=O) groups is 2. The topological polar surface area (TPSA) is 81.5 Å². The molecule has 0 radical (unpaired) electrons. The fourth-order valence-corrected chi connectivity index (χ4v) is 3.91. The Bertz CT molecular complexity index is 1210. The molecule has 2 heterocycles. The number of amides is 1. The average Bonchev–Trinajstić information content (AvgIpc) is 3.19. The second-order valence-corrected chi connectivity index (χ2v) is 8.19. The monoisotopic (exact) mass is 419 g/mol. The van der Waals surface area contributed by atoms with E-state index < -0.39 is 12.1 Å². The van der Waals surface area contributed by atoms with E-state index in [1.165, 1.54) is 4.68 Å². The molecule has 0 unspecified atom stereocenters. The highest BCUT2D eigenvalue weighted by molar-refractivity contribution is 6.04. The van der Waals surface area contributed by atoms with Crippen LogP contribution in [0.3, 0.4) is 0 Å². The molecule has 0 saturated heterocycles. The number of rotatable bonds is 5. The number of nitrogens with zero attached hydrogens (tertiary/aromatic N) is 3. The molecular formula is C24H25N3O4. The highest BCUT2D eigenvalue weighted by atomic mass is 16.5. The molecule has 0 spiro atoms. The molecule has 0 saturated carbocycles. The lowest BCUT2D eigenvalue weighted by molar-refractivity contribution is -0.126. The van der Waals surface area contributed by atoms with E-state index in [-0.39, 0.29) is 23.1 Å². The summed E-state index contributed by atoms with van der Waals surface area (Å²) >= 11 is 0. The van der Waals surface area contributed by atoms with Crippen LogP contribution in [0, 0.1) is 5.92 Å². The maximum Gasteiger partial charge on any atom is 0.360 e. The maximum absolute atomic E-state index is 13.0. The second kappa shape index (κ2) is 8.34. The number of para-hydroxylation sites is 1. The number of benzene rings is 2. The van der Waals surface area contributed by atoms with E-state index in [1.54, 1.807) is 36.1 Å². The Labute approximate surface area is 180 Å². The zero-order valence-corrected chi connectivity index (χ0v) is 17.9. The minimum atomic E-state index is -0.982. The number of hydrogen-bond acceptors (Lipinski definition) is 5. The largest absolute Gasteiger partial charge is 0.448 e. The predicted octanol–water partition coefficient (Wildman–Crippen LogP) is 3.19. The Kier molecular flexibility index (Phi) is 5.59. The molecule has 0 aliphatic carbocycles. The number of ether oxygens (including phenoxy) is 1. The van der Waals surface area contributed by atoms with Gasteiger partial charge in [0.05, 0.1) is 5.39 Å². The fraction of sp³-hybridized carbons (Fsp3) is 0.333.